The Hall–Kier alpha value is -2.92. The molecule has 0 aliphatic carbocycles. The van der Waals surface area contributed by atoms with Crippen molar-refractivity contribution in [2.75, 3.05) is 18.5 Å². The van der Waals surface area contributed by atoms with Gasteiger partial charge in [-0.2, -0.15) is 10.4 Å². The Morgan fingerprint density at radius 2 is 2.25 bits per heavy atom. The average Bonchev–Trinajstić information content (AvgIpc) is 2.56. The normalized spacial score (nSPS) is 16.3. The number of halogens is 1. The molecule has 1 amide bonds. The molecule has 1 N–H and O–H groups in total. The topological polar surface area (TPSA) is 112 Å². The molecule has 0 saturated heterocycles. The first kappa shape index (κ1) is 17.4. The van der Waals surface area contributed by atoms with E-state index >= 15 is 0 Å². The first-order chi connectivity index (χ1) is 11.4. The number of carbonyl (C=O) groups is 1. The van der Waals surface area contributed by atoms with Gasteiger partial charge in [0.05, 0.1) is 23.1 Å². The lowest BCUT2D eigenvalue weighted by molar-refractivity contribution is -0.383. The van der Waals surface area contributed by atoms with Crippen molar-refractivity contribution < 1.29 is 9.72 Å². The van der Waals surface area contributed by atoms with Crippen LogP contribution in [-0.2, 0) is 4.79 Å². The van der Waals surface area contributed by atoms with Crippen LogP contribution in [0.1, 0.15) is 13.8 Å². The van der Waals surface area contributed by atoms with Crippen LogP contribution in [-0.4, -0.2) is 34.5 Å². The SMILES string of the molecule is CCN1CC(C#N)=C(C)/C(=N/Nc2ccc(Cl)cc2[N+](=O)[O-])C1=O. The molecule has 0 radical (unpaired) electrons. The Balaban J connectivity index is 2.42. The number of amides is 1. The molecule has 0 fully saturated rings. The van der Waals surface area contributed by atoms with Crippen LogP contribution in [0.2, 0.25) is 5.02 Å². The van der Waals surface area contributed by atoms with E-state index in [1.54, 1.807) is 13.8 Å². The molecule has 0 unspecified atom stereocenters. The number of hydrazone groups is 1. The van der Waals surface area contributed by atoms with Crippen LogP contribution in [0, 0.1) is 21.4 Å². The largest absolute Gasteiger partial charge is 0.332 e. The van der Waals surface area contributed by atoms with E-state index in [0.717, 1.165) is 0 Å². The highest BCUT2D eigenvalue weighted by Gasteiger charge is 2.29. The summed E-state index contributed by atoms with van der Waals surface area (Å²) in [6, 6.07) is 6.12. The number of benzene rings is 1. The van der Waals surface area contributed by atoms with E-state index in [1.165, 1.54) is 23.1 Å². The molecule has 1 aromatic rings. The Labute approximate surface area is 143 Å². The van der Waals surface area contributed by atoms with E-state index in [9.17, 15) is 20.2 Å². The molecular weight excluding hydrogens is 334 g/mol. The Bertz CT molecular complexity index is 810. The molecule has 8 nitrogen and oxygen atoms in total. The number of nitrogens with zero attached hydrogens (tertiary/aromatic N) is 4. The molecular formula is C15H14ClN5O3. The van der Waals surface area contributed by atoms with Crippen LogP contribution < -0.4 is 5.43 Å². The van der Waals surface area contributed by atoms with Gasteiger partial charge in [0, 0.05) is 17.6 Å². The van der Waals surface area contributed by atoms with Crippen LogP contribution in [0.5, 0.6) is 0 Å². The maximum Gasteiger partial charge on any atom is 0.295 e. The second-order valence-corrected chi connectivity index (χ2v) is 5.46. The summed E-state index contributed by atoms with van der Waals surface area (Å²) in [5.41, 5.74) is 3.33. The summed E-state index contributed by atoms with van der Waals surface area (Å²) in [6.45, 7) is 4.08. The minimum Gasteiger partial charge on any atom is -0.332 e. The molecule has 1 aliphatic rings. The number of rotatable bonds is 4. The predicted octanol–water partition coefficient (Wildman–Crippen LogP) is 2.72. The number of nitro groups is 1. The molecule has 0 aromatic heterocycles. The standard InChI is InChI=1S/C15H14ClN5O3/c1-3-20-8-10(7-17)9(2)14(15(20)22)19-18-12-5-4-11(16)6-13(12)21(23)24/h4-6,18H,3,8H2,1-2H3/b19-14-. The number of nitriles is 1. The van der Waals surface area contributed by atoms with Gasteiger partial charge in [-0.05, 0) is 31.6 Å². The molecule has 0 atom stereocenters. The van der Waals surface area contributed by atoms with Gasteiger partial charge in [-0.1, -0.05) is 11.6 Å². The lowest BCUT2D eigenvalue weighted by Crippen LogP contribution is -2.42. The van der Waals surface area contributed by atoms with Gasteiger partial charge in [0.1, 0.15) is 5.69 Å². The van der Waals surface area contributed by atoms with E-state index in [2.05, 4.69) is 16.6 Å². The maximum absolute atomic E-state index is 12.4. The van der Waals surface area contributed by atoms with Gasteiger partial charge in [-0.15, -0.1) is 0 Å². The smallest absolute Gasteiger partial charge is 0.295 e. The molecule has 0 saturated carbocycles. The summed E-state index contributed by atoms with van der Waals surface area (Å²) < 4.78 is 0. The van der Waals surface area contributed by atoms with Gasteiger partial charge >= 0.3 is 0 Å². The highest BCUT2D eigenvalue weighted by atomic mass is 35.5. The van der Waals surface area contributed by atoms with Crippen molar-refractivity contribution in [1.82, 2.24) is 4.90 Å². The monoisotopic (exact) mass is 347 g/mol. The van der Waals surface area contributed by atoms with Crippen LogP contribution >= 0.6 is 11.6 Å². The fraction of sp³-hybridized carbons (Fsp3) is 0.267. The summed E-state index contributed by atoms with van der Waals surface area (Å²) in [5, 5.41) is 24.5. The van der Waals surface area contributed by atoms with Crippen LogP contribution in [0.25, 0.3) is 0 Å². The molecule has 0 bridgehead atoms. The van der Waals surface area contributed by atoms with Crippen molar-refractivity contribution in [1.29, 1.82) is 5.26 Å². The fourth-order valence-electron chi connectivity index (χ4n) is 2.21. The number of carbonyl (C=O) groups excluding carboxylic acids is 1. The van der Waals surface area contributed by atoms with Crippen molar-refractivity contribution in [3.63, 3.8) is 0 Å². The van der Waals surface area contributed by atoms with Crippen molar-refractivity contribution in [2.45, 2.75) is 13.8 Å². The molecule has 1 aliphatic heterocycles. The first-order valence-corrected chi connectivity index (χ1v) is 7.44. The Morgan fingerprint density at radius 1 is 1.54 bits per heavy atom. The highest BCUT2D eigenvalue weighted by molar-refractivity contribution is 6.46. The van der Waals surface area contributed by atoms with E-state index in [4.69, 9.17) is 11.6 Å². The minimum atomic E-state index is -0.598. The van der Waals surface area contributed by atoms with Crippen molar-refractivity contribution in [3.05, 3.63) is 44.5 Å². The summed E-state index contributed by atoms with van der Waals surface area (Å²) in [6.07, 6.45) is 0. The predicted molar refractivity (Wildman–Crippen MR) is 89.7 cm³/mol. The van der Waals surface area contributed by atoms with Gasteiger partial charge in [0.2, 0.25) is 0 Å². The summed E-state index contributed by atoms with van der Waals surface area (Å²) in [4.78, 5) is 24.3. The molecule has 0 spiro atoms. The lowest BCUT2D eigenvalue weighted by atomic mass is 10.00. The second kappa shape index (κ2) is 7.10. The van der Waals surface area contributed by atoms with Crippen molar-refractivity contribution >= 4 is 34.6 Å². The molecule has 24 heavy (non-hydrogen) atoms. The average molecular weight is 348 g/mol. The maximum atomic E-state index is 12.4. The number of anilines is 1. The summed E-state index contributed by atoms with van der Waals surface area (Å²) in [5.74, 6) is -0.335. The molecule has 2 rings (SSSR count). The molecule has 1 heterocycles. The van der Waals surface area contributed by atoms with Gasteiger partial charge in [-0.3, -0.25) is 20.3 Å². The third-order valence-corrected chi connectivity index (χ3v) is 3.84. The Kier molecular flexibility index (Phi) is 5.16. The zero-order chi connectivity index (χ0) is 17.9. The Morgan fingerprint density at radius 3 is 2.83 bits per heavy atom. The zero-order valence-electron chi connectivity index (χ0n) is 13.0. The summed E-state index contributed by atoms with van der Waals surface area (Å²) in [7, 11) is 0. The van der Waals surface area contributed by atoms with Crippen LogP contribution in [0.15, 0.2) is 34.4 Å². The molecule has 124 valence electrons. The fourth-order valence-corrected chi connectivity index (χ4v) is 2.37. The summed E-state index contributed by atoms with van der Waals surface area (Å²) >= 11 is 5.76. The van der Waals surface area contributed by atoms with Gasteiger partial charge in [-0.25, -0.2) is 0 Å². The number of hydrogen-bond acceptors (Lipinski definition) is 6. The van der Waals surface area contributed by atoms with E-state index in [0.29, 0.717) is 17.7 Å². The van der Waals surface area contributed by atoms with Crippen LogP contribution in [0.4, 0.5) is 11.4 Å². The van der Waals surface area contributed by atoms with Gasteiger partial charge in [0.15, 0.2) is 5.71 Å². The number of nitro benzene ring substituents is 1. The quantitative estimate of drug-likeness (QED) is 0.664. The third-order valence-electron chi connectivity index (χ3n) is 3.61. The van der Waals surface area contributed by atoms with E-state index < -0.39 is 4.92 Å². The number of hydrogen-bond donors (Lipinski definition) is 1. The minimum absolute atomic E-state index is 0.0592. The highest BCUT2D eigenvalue weighted by Crippen LogP contribution is 2.28. The first-order valence-electron chi connectivity index (χ1n) is 7.06. The third kappa shape index (κ3) is 3.36. The second-order valence-electron chi connectivity index (χ2n) is 5.03. The van der Waals surface area contributed by atoms with Crippen LogP contribution in [0.3, 0.4) is 0 Å². The number of likely N-dealkylation sites (N-methyl/N-ethyl adjacent to an activating group) is 1. The number of nitrogens with one attached hydrogen (secondary N) is 1. The molecule has 1 aromatic carbocycles. The van der Waals surface area contributed by atoms with Crippen molar-refractivity contribution in [3.8, 4) is 6.07 Å². The molecule has 9 heteroatoms. The van der Waals surface area contributed by atoms with E-state index in [-0.39, 0.29) is 34.6 Å². The van der Waals surface area contributed by atoms with E-state index in [1.807, 2.05) is 0 Å². The lowest BCUT2D eigenvalue weighted by Gasteiger charge is -2.26. The van der Waals surface area contributed by atoms with Crippen molar-refractivity contribution in [2.24, 2.45) is 5.10 Å². The van der Waals surface area contributed by atoms with Gasteiger partial charge < -0.3 is 4.90 Å². The zero-order valence-corrected chi connectivity index (χ0v) is 13.8. The van der Waals surface area contributed by atoms with Gasteiger partial charge in [0.25, 0.3) is 11.6 Å².